The Hall–Kier alpha value is -7.18. The van der Waals surface area contributed by atoms with Crippen molar-refractivity contribution < 1.29 is 56.5 Å². The van der Waals surface area contributed by atoms with E-state index in [1.807, 2.05) is 36.4 Å². The first-order valence-corrected chi connectivity index (χ1v) is 40.5. The van der Waals surface area contributed by atoms with Crippen LogP contribution in [0.5, 0.6) is 23.0 Å². The number of benzene rings is 7. The first kappa shape index (κ1) is 74.5. The van der Waals surface area contributed by atoms with Crippen molar-refractivity contribution in [2.45, 2.75) is 168 Å². The van der Waals surface area contributed by atoms with Crippen molar-refractivity contribution in [3.05, 3.63) is 171 Å². The highest BCUT2D eigenvalue weighted by Gasteiger charge is 2.71. The highest BCUT2D eigenvalue weighted by atomic mass is 32.2. The summed E-state index contributed by atoms with van der Waals surface area (Å²) >= 11 is 5.41. The van der Waals surface area contributed by atoms with Gasteiger partial charge in [0.05, 0.1) is 44.0 Å². The minimum atomic E-state index is -1.11. The summed E-state index contributed by atoms with van der Waals surface area (Å²) in [7, 11) is 0. The molecule has 2 bridgehead atoms. The van der Waals surface area contributed by atoms with E-state index in [1.165, 1.54) is 64.1 Å². The summed E-state index contributed by atoms with van der Waals surface area (Å²) in [4.78, 5) is 80.5. The fourth-order valence-corrected chi connectivity index (χ4v) is 19.0. The van der Waals surface area contributed by atoms with Gasteiger partial charge in [0, 0.05) is 61.5 Å². The van der Waals surface area contributed by atoms with E-state index < -0.39 is 22.7 Å². The number of amides is 2. The fraction of sp³-hybridized carbons (Fsp3) is 0.435. The lowest BCUT2D eigenvalue weighted by Crippen LogP contribution is -2.59. The molecule has 1 heterocycles. The van der Waals surface area contributed by atoms with Gasteiger partial charge in [-0.15, -0.1) is 0 Å². The number of carbonyl (C=O) groups excluding carboxylic acids is 6. The van der Waals surface area contributed by atoms with E-state index in [0.717, 1.165) is 214 Å². The summed E-state index contributed by atoms with van der Waals surface area (Å²) in [5, 5.41) is 2.50. The first-order chi connectivity index (χ1) is 49.3. The van der Waals surface area contributed by atoms with Crippen LogP contribution in [0, 0.1) is 29.4 Å². The summed E-state index contributed by atoms with van der Waals surface area (Å²) in [6, 6.07) is 36.4. The van der Waals surface area contributed by atoms with Gasteiger partial charge in [-0.05, 0) is 219 Å². The maximum Gasteiger partial charge on any atom is 0.238 e. The van der Waals surface area contributed by atoms with Crippen LogP contribution in [0.15, 0.2) is 115 Å². The normalized spacial score (nSPS) is 18.8. The van der Waals surface area contributed by atoms with E-state index in [4.69, 9.17) is 18.9 Å². The van der Waals surface area contributed by atoms with Crippen LogP contribution in [-0.2, 0) is 46.0 Å². The number of imide groups is 1. The smallest absolute Gasteiger partial charge is 0.238 e. The van der Waals surface area contributed by atoms with Gasteiger partial charge in [0.2, 0.25) is 11.8 Å². The number of thioether (sulfide) groups is 4. The number of allylic oxidation sites excluding steroid dienone is 1. The average Bonchev–Trinajstić information content (AvgIpc) is 1.28. The molecule has 102 heavy (non-hydrogen) atoms. The van der Waals surface area contributed by atoms with Crippen molar-refractivity contribution in [3.63, 3.8) is 0 Å². The molecule has 3 unspecified atom stereocenters. The van der Waals surface area contributed by atoms with Crippen molar-refractivity contribution >= 4 is 107 Å². The Labute approximate surface area is 616 Å². The molecular formula is C85H93F2NO10S4. The molecule has 1 aliphatic heterocycles. The molecule has 1 saturated heterocycles. The number of hydrogen-bond acceptors (Lipinski definition) is 14. The maximum atomic E-state index is 16.2. The zero-order chi connectivity index (χ0) is 71.8. The highest BCUT2D eigenvalue weighted by molar-refractivity contribution is 8.14. The van der Waals surface area contributed by atoms with Gasteiger partial charge in [0.1, 0.15) is 11.6 Å². The van der Waals surface area contributed by atoms with Gasteiger partial charge in [0.15, 0.2) is 43.5 Å². The van der Waals surface area contributed by atoms with Crippen molar-refractivity contribution in [1.82, 2.24) is 0 Å². The Morgan fingerprint density at radius 2 is 0.804 bits per heavy atom. The number of nitrogens with zero attached hydrogens (tertiary/aromatic N) is 1. The van der Waals surface area contributed by atoms with Gasteiger partial charge in [0.25, 0.3) is 0 Å². The summed E-state index contributed by atoms with van der Waals surface area (Å²) in [5.74, 6) is 2.42. The van der Waals surface area contributed by atoms with Crippen LogP contribution in [0.25, 0.3) is 44.2 Å². The molecule has 3 atom stereocenters. The molecule has 2 amide bonds. The minimum Gasteiger partial charge on any atom is -0.490 e. The molecule has 0 N–H and O–H groups in total. The third-order valence-electron chi connectivity index (χ3n) is 21.3. The molecule has 1 fully saturated rings. The van der Waals surface area contributed by atoms with Crippen molar-refractivity contribution in [3.8, 4) is 45.3 Å². The molecule has 7 aromatic carbocycles. The number of anilines is 1. The summed E-state index contributed by atoms with van der Waals surface area (Å²) in [5.41, 5.74) is 11.1. The van der Waals surface area contributed by atoms with Gasteiger partial charge in [-0.3, -0.25) is 28.8 Å². The second kappa shape index (κ2) is 33.3. The lowest BCUT2D eigenvalue weighted by atomic mass is 9.42. The van der Waals surface area contributed by atoms with E-state index in [9.17, 15) is 19.2 Å². The molecule has 0 aromatic heterocycles. The Morgan fingerprint density at radius 3 is 1.18 bits per heavy atom. The maximum absolute atomic E-state index is 16.2. The molecule has 0 saturated carbocycles. The standard InChI is InChI=1S/C85H93F2NO10S4/c1-52-44-58-45-66(62-26-16-17-27-65(62)78(58)77(52)79-67-46-59(86)30-34-63(67)64-35-31-60(87)47-68(64)79)57-28-32-61(33-29-57)88-82(93)80-81(83(88)94)85(7)70-49-74(96-37-19-9-13-23-41-100-54(3)90)73(95-36-18-8-12-22-40-99-53(2)89)48-69(70)84(80,6)71-50-75(97-38-20-10-14-24-42-101-55(4)91)76(51-72(71)85)98-39-21-11-15-25-43-102-56(5)92/h16-17,26-35,45-52,80-81H,8-15,18-25,36-44H2,1-7H3. The predicted molar refractivity (Wildman–Crippen MR) is 414 cm³/mol. The Balaban J connectivity index is 0.911. The van der Waals surface area contributed by atoms with Crippen LogP contribution in [0.3, 0.4) is 0 Å². The minimum absolute atomic E-state index is 0.0228. The van der Waals surface area contributed by atoms with Crippen LogP contribution in [-0.4, -0.2) is 81.7 Å². The van der Waals surface area contributed by atoms with Gasteiger partial charge in [-0.1, -0.05) is 168 Å². The van der Waals surface area contributed by atoms with E-state index in [-0.39, 0.29) is 49.8 Å². The summed E-state index contributed by atoms with van der Waals surface area (Å²) < 4.78 is 57.9. The van der Waals surface area contributed by atoms with Crippen molar-refractivity contribution in [1.29, 1.82) is 0 Å². The lowest BCUT2D eigenvalue weighted by Gasteiger charge is -2.58. The Kier molecular flexibility index (Phi) is 24.3. The molecule has 536 valence electrons. The SMILES string of the molecule is CC(=O)SCCCCCCOc1cc2c(cc1OCCCCCCSC(C)=O)C1(C)c3cc(OCCCCCCSC(C)=O)c(OCCCCCCSC(C)=O)cc3C2(C)C2C(=O)N(c3ccc(-c4cc5c(c6ccccc46)C(=C4c6cc(F)ccc6-c6ccc(F)cc64)C(C)C5)cc3)C(=O)C21. The largest absolute Gasteiger partial charge is 0.490 e. The van der Waals surface area contributed by atoms with E-state index >= 15 is 18.4 Å². The number of hydrogen-bond donors (Lipinski definition) is 0. The topological polar surface area (TPSA) is 143 Å². The Bertz CT molecular complexity index is 4060. The van der Waals surface area contributed by atoms with Crippen LogP contribution in [0.4, 0.5) is 14.5 Å². The van der Waals surface area contributed by atoms with Crippen molar-refractivity contribution in [2.24, 2.45) is 17.8 Å². The zero-order valence-corrected chi connectivity index (χ0v) is 63.1. The highest BCUT2D eigenvalue weighted by Crippen LogP contribution is 2.69. The van der Waals surface area contributed by atoms with Gasteiger partial charge in [-0.25, -0.2) is 13.7 Å². The third kappa shape index (κ3) is 15.6. The molecule has 17 heteroatoms. The monoisotopic (exact) mass is 1450 g/mol. The molecule has 13 rings (SSSR count). The number of ether oxygens (including phenoxy) is 4. The first-order valence-electron chi connectivity index (χ1n) is 36.6. The van der Waals surface area contributed by atoms with Crippen LogP contribution in [0.1, 0.15) is 196 Å². The van der Waals surface area contributed by atoms with Crippen LogP contribution < -0.4 is 23.8 Å². The molecule has 0 spiro atoms. The molecular weight excluding hydrogens is 1360 g/mol. The third-order valence-corrected chi connectivity index (χ3v) is 24.9. The Morgan fingerprint density at radius 1 is 0.441 bits per heavy atom. The fourth-order valence-electron chi connectivity index (χ4n) is 16.5. The van der Waals surface area contributed by atoms with Crippen LogP contribution >= 0.6 is 47.0 Å². The van der Waals surface area contributed by atoms with E-state index in [2.05, 4.69) is 63.2 Å². The number of halogens is 2. The number of rotatable bonds is 34. The quantitative estimate of drug-likeness (QED) is 0.0279. The number of carbonyl (C=O) groups is 6. The molecule has 0 radical (unpaired) electrons. The molecule has 11 nitrogen and oxygen atoms in total. The van der Waals surface area contributed by atoms with E-state index in [0.29, 0.717) is 61.5 Å². The lowest BCUT2D eigenvalue weighted by molar-refractivity contribution is -0.124. The molecule has 7 aromatic rings. The number of fused-ring (bicyclic) bond motifs is 6. The van der Waals surface area contributed by atoms with E-state index in [1.54, 1.807) is 52.0 Å². The second-order valence-electron chi connectivity index (χ2n) is 28.3. The summed E-state index contributed by atoms with van der Waals surface area (Å²) in [6.07, 6.45) is 15.0. The van der Waals surface area contributed by atoms with Gasteiger partial charge < -0.3 is 18.9 Å². The average molecular weight is 1450 g/mol. The van der Waals surface area contributed by atoms with Crippen molar-refractivity contribution in [2.75, 3.05) is 54.3 Å². The molecule has 6 aliphatic rings. The van der Waals surface area contributed by atoms with Crippen LogP contribution in [0.2, 0.25) is 0 Å². The summed E-state index contributed by atoms with van der Waals surface area (Å²) in [6.45, 7) is 14.5. The van der Waals surface area contributed by atoms with Gasteiger partial charge in [-0.2, -0.15) is 0 Å². The van der Waals surface area contributed by atoms with Gasteiger partial charge >= 0.3 is 0 Å². The second-order valence-corrected chi connectivity index (χ2v) is 33.4. The zero-order valence-electron chi connectivity index (χ0n) is 59.8. The molecule has 5 aliphatic carbocycles. The predicted octanol–water partition coefficient (Wildman–Crippen LogP) is 20.5. The number of unbranched alkanes of at least 4 members (excludes halogenated alkanes) is 12.